The Balaban J connectivity index is 1.71. The van der Waals surface area contributed by atoms with Gasteiger partial charge >= 0.3 is 0 Å². The number of aromatic nitrogens is 3. The SMILES string of the molecule is CC(NC(=O)C1CCc2cccnc21)c1ncc(Br)cn1. The molecule has 3 rings (SSSR count). The van der Waals surface area contributed by atoms with Crippen LogP contribution in [0.15, 0.2) is 35.2 Å². The van der Waals surface area contributed by atoms with Gasteiger partial charge in [0, 0.05) is 18.6 Å². The normalized spacial score (nSPS) is 18.1. The molecule has 1 amide bonds. The van der Waals surface area contributed by atoms with Gasteiger partial charge in [0.2, 0.25) is 5.91 Å². The van der Waals surface area contributed by atoms with Crippen LogP contribution in [0.4, 0.5) is 0 Å². The van der Waals surface area contributed by atoms with E-state index in [4.69, 9.17) is 0 Å². The number of rotatable bonds is 3. The van der Waals surface area contributed by atoms with Crippen molar-refractivity contribution in [3.05, 3.63) is 52.3 Å². The number of hydrogen-bond acceptors (Lipinski definition) is 4. The average molecular weight is 347 g/mol. The first-order valence-electron chi connectivity index (χ1n) is 6.87. The number of aryl methyl sites for hydroxylation is 1. The van der Waals surface area contributed by atoms with Crippen molar-refractivity contribution in [2.24, 2.45) is 0 Å². The van der Waals surface area contributed by atoms with Crippen LogP contribution in [0.2, 0.25) is 0 Å². The third-order valence-corrected chi connectivity index (χ3v) is 4.07. The summed E-state index contributed by atoms with van der Waals surface area (Å²) in [7, 11) is 0. The smallest absolute Gasteiger partial charge is 0.229 e. The Kier molecular flexibility index (Phi) is 3.96. The quantitative estimate of drug-likeness (QED) is 0.927. The van der Waals surface area contributed by atoms with Gasteiger partial charge in [0.1, 0.15) is 5.82 Å². The molecule has 0 aromatic carbocycles. The molecule has 2 aromatic rings. The topological polar surface area (TPSA) is 67.8 Å². The fourth-order valence-electron chi connectivity index (χ4n) is 2.59. The van der Waals surface area contributed by atoms with Crippen LogP contribution in [0.25, 0.3) is 0 Å². The molecule has 0 saturated heterocycles. The molecule has 1 N–H and O–H groups in total. The molecule has 6 heteroatoms. The molecule has 1 aliphatic carbocycles. The fraction of sp³-hybridized carbons (Fsp3) is 0.333. The Morgan fingerprint density at radius 3 is 2.90 bits per heavy atom. The van der Waals surface area contributed by atoms with Crippen molar-refractivity contribution < 1.29 is 4.79 Å². The molecule has 108 valence electrons. The summed E-state index contributed by atoms with van der Waals surface area (Å²) in [4.78, 5) is 25.2. The number of carbonyl (C=O) groups excluding carboxylic acids is 1. The van der Waals surface area contributed by atoms with Gasteiger partial charge in [-0.25, -0.2) is 9.97 Å². The van der Waals surface area contributed by atoms with Crippen molar-refractivity contribution in [3.8, 4) is 0 Å². The number of hydrogen-bond donors (Lipinski definition) is 1. The summed E-state index contributed by atoms with van der Waals surface area (Å²) in [5, 5.41) is 2.98. The molecule has 0 spiro atoms. The van der Waals surface area contributed by atoms with Crippen LogP contribution in [0, 0.1) is 0 Å². The first-order valence-corrected chi connectivity index (χ1v) is 7.66. The predicted octanol–water partition coefficient (Wildman–Crippen LogP) is 2.54. The van der Waals surface area contributed by atoms with Crippen LogP contribution in [0.3, 0.4) is 0 Å². The summed E-state index contributed by atoms with van der Waals surface area (Å²) in [6.07, 6.45) is 6.82. The van der Waals surface area contributed by atoms with E-state index in [0.717, 1.165) is 23.0 Å². The molecule has 5 nitrogen and oxygen atoms in total. The summed E-state index contributed by atoms with van der Waals surface area (Å²) in [5.74, 6) is 0.427. The third kappa shape index (κ3) is 2.95. The molecule has 0 radical (unpaired) electrons. The number of nitrogens with zero attached hydrogens (tertiary/aromatic N) is 3. The van der Waals surface area contributed by atoms with E-state index in [1.165, 1.54) is 5.56 Å². The average Bonchev–Trinajstić information content (AvgIpc) is 2.92. The summed E-state index contributed by atoms with van der Waals surface area (Å²) in [6, 6.07) is 3.73. The van der Waals surface area contributed by atoms with E-state index in [1.807, 2.05) is 19.1 Å². The van der Waals surface area contributed by atoms with Crippen molar-refractivity contribution in [3.63, 3.8) is 0 Å². The van der Waals surface area contributed by atoms with Crippen LogP contribution >= 0.6 is 15.9 Å². The standard InChI is InChI=1S/C15H15BrN4O/c1-9(14-18-7-11(16)8-19-14)20-15(21)12-5-4-10-3-2-6-17-13(10)12/h2-3,6-9,12H,4-5H2,1H3,(H,20,21). The summed E-state index contributed by atoms with van der Waals surface area (Å²) >= 11 is 3.30. The molecule has 0 saturated carbocycles. The number of amides is 1. The van der Waals surface area contributed by atoms with Gasteiger partial charge in [-0.3, -0.25) is 9.78 Å². The Hall–Kier alpha value is -1.82. The van der Waals surface area contributed by atoms with E-state index in [9.17, 15) is 4.79 Å². The Morgan fingerprint density at radius 1 is 1.38 bits per heavy atom. The van der Waals surface area contributed by atoms with E-state index >= 15 is 0 Å². The van der Waals surface area contributed by atoms with E-state index in [2.05, 4.69) is 36.2 Å². The second-order valence-corrected chi connectivity index (χ2v) is 6.04. The van der Waals surface area contributed by atoms with E-state index in [-0.39, 0.29) is 17.9 Å². The Morgan fingerprint density at radius 2 is 2.14 bits per heavy atom. The molecule has 2 unspecified atom stereocenters. The highest BCUT2D eigenvalue weighted by molar-refractivity contribution is 9.10. The van der Waals surface area contributed by atoms with E-state index < -0.39 is 0 Å². The Bertz CT molecular complexity index is 659. The van der Waals surface area contributed by atoms with Crippen molar-refractivity contribution >= 4 is 21.8 Å². The lowest BCUT2D eigenvalue weighted by Gasteiger charge is -2.16. The maximum absolute atomic E-state index is 12.4. The maximum atomic E-state index is 12.4. The molecule has 2 atom stereocenters. The third-order valence-electron chi connectivity index (χ3n) is 3.66. The lowest BCUT2D eigenvalue weighted by atomic mass is 10.1. The first-order chi connectivity index (χ1) is 10.1. The number of fused-ring (bicyclic) bond motifs is 1. The van der Waals surface area contributed by atoms with Crippen LogP contribution in [-0.2, 0) is 11.2 Å². The van der Waals surface area contributed by atoms with Gasteiger partial charge < -0.3 is 5.32 Å². The molecule has 21 heavy (non-hydrogen) atoms. The van der Waals surface area contributed by atoms with Gasteiger partial charge in [-0.05, 0) is 47.3 Å². The van der Waals surface area contributed by atoms with Crippen LogP contribution in [0.5, 0.6) is 0 Å². The predicted molar refractivity (Wildman–Crippen MR) is 81.6 cm³/mol. The molecular weight excluding hydrogens is 332 g/mol. The van der Waals surface area contributed by atoms with E-state index in [0.29, 0.717) is 5.82 Å². The highest BCUT2D eigenvalue weighted by Gasteiger charge is 2.30. The summed E-state index contributed by atoms with van der Waals surface area (Å²) < 4.78 is 0.818. The zero-order valence-electron chi connectivity index (χ0n) is 11.6. The van der Waals surface area contributed by atoms with Gasteiger partial charge in [-0.1, -0.05) is 6.07 Å². The second kappa shape index (κ2) is 5.89. The Labute approximate surface area is 131 Å². The van der Waals surface area contributed by atoms with Gasteiger partial charge in [-0.15, -0.1) is 0 Å². The molecule has 2 aromatic heterocycles. The number of halogens is 1. The molecule has 0 fully saturated rings. The zero-order chi connectivity index (χ0) is 14.8. The highest BCUT2D eigenvalue weighted by Crippen LogP contribution is 2.31. The zero-order valence-corrected chi connectivity index (χ0v) is 13.2. The van der Waals surface area contributed by atoms with Gasteiger partial charge in [-0.2, -0.15) is 0 Å². The molecular formula is C15H15BrN4O. The monoisotopic (exact) mass is 346 g/mol. The van der Waals surface area contributed by atoms with Crippen LogP contribution in [-0.4, -0.2) is 20.9 Å². The van der Waals surface area contributed by atoms with Crippen LogP contribution in [0.1, 0.15) is 42.4 Å². The van der Waals surface area contributed by atoms with Gasteiger partial charge in [0.05, 0.1) is 22.1 Å². The molecule has 0 bridgehead atoms. The maximum Gasteiger partial charge on any atom is 0.229 e. The number of pyridine rings is 1. The van der Waals surface area contributed by atoms with Crippen molar-refractivity contribution in [2.75, 3.05) is 0 Å². The largest absolute Gasteiger partial charge is 0.346 e. The lowest BCUT2D eigenvalue weighted by Crippen LogP contribution is -2.32. The lowest BCUT2D eigenvalue weighted by molar-refractivity contribution is -0.123. The first kappa shape index (κ1) is 14.1. The molecule has 1 aliphatic rings. The fourth-order valence-corrected chi connectivity index (χ4v) is 2.80. The molecule has 2 heterocycles. The van der Waals surface area contributed by atoms with Gasteiger partial charge in [0.25, 0.3) is 0 Å². The second-order valence-electron chi connectivity index (χ2n) is 5.13. The summed E-state index contributed by atoms with van der Waals surface area (Å²) in [6.45, 7) is 1.88. The van der Waals surface area contributed by atoms with Crippen molar-refractivity contribution in [2.45, 2.75) is 31.7 Å². The minimum atomic E-state index is -0.224. The number of nitrogens with one attached hydrogen (secondary N) is 1. The minimum absolute atomic E-state index is 0.00790. The summed E-state index contributed by atoms with van der Waals surface area (Å²) in [5.41, 5.74) is 2.07. The van der Waals surface area contributed by atoms with Gasteiger partial charge in [0.15, 0.2) is 0 Å². The van der Waals surface area contributed by atoms with Crippen molar-refractivity contribution in [1.82, 2.24) is 20.3 Å². The van der Waals surface area contributed by atoms with E-state index in [1.54, 1.807) is 18.6 Å². The highest BCUT2D eigenvalue weighted by atomic mass is 79.9. The van der Waals surface area contributed by atoms with Crippen molar-refractivity contribution in [1.29, 1.82) is 0 Å². The number of carbonyl (C=O) groups is 1. The van der Waals surface area contributed by atoms with Crippen LogP contribution < -0.4 is 5.32 Å². The molecule has 0 aliphatic heterocycles. The minimum Gasteiger partial charge on any atom is -0.346 e.